The number of nitrogens with zero attached hydrogens (tertiary/aromatic N) is 3. The predicted octanol–water partition coefficient (Wildman–Crippen LogP) is 1.52. The number of hydrogen-bond donors (Lipinski definition) is 0. The topological polar surface area (TPSA) is 30.2 Å². The van der Waals surface area contributed by atoms with Crippen molar-refractivity contribution >= 4 is 17.2 Å². The Bertz CT molecular complexity index is 398. The van der Waals surface area contributed by atoms with E-state index in [1.54, 1.807) is 0 Å². The Hall–Kier alpha value is -1.16. The highest BCUT2D eigenvalue weighted by molar-refractivity contribution is 6.30. The molecular weight excluding hydrogens is 169 g/mol. The van der Waals surface area contributed by atoms with Crippen LogP contribution in [0.25, 0.3) is 5.65 Å². The lowest BCUT2D eigenvalue weighted by Crippen LogP contribution is -1.89. The van der Waals surface area contributed by atoms with Crippen molar-refractivity contribution in [1.29, 1.82) is 0 Å². The molecule has 5 heteroatoms. The van der Waals surface area contributed by atoms with Crippen LogP contribution in [-0.2, 0) is 0 Å². The molecule has 0 radical (unpaired) electrons. The summed E-state index contributed by atoms with van der Waals surface area (Å²) < 4.78 is 14.2. The van der Waals surface area contributed by atoms with Gasteiger partial charge in [-0.05, 0) is 6.07 Å². The average molecular weight is 172 g/mol. The summed E-state index contributed by atoms with van der Waals surface area (Å²) in [5, 5.41) is 4.03. The monoisotopic (exact) mass is 171 g/mol. The molecule has 0 amide bonds. The molecule has 0 saturated carbocycles. The first-order chi connectivity index (χ1) is 5.27. The van der Waals surface area contributed by atoms with E-state index in [0.717, 1.165) is 0 Å². The zero-order chi connectivity index (χ0) is 7.84. The second kappa shape index (κ2) is 2.17. The number of aromatic nitrogens is 3. The summed E-state index contributed by atoms with van der Waals surface area (Å²) in [5.41, 5.74) is 0.189. The smallest absolute Gasteiger partial charge is 0.191 e. The number of halogens is 2. The zero-order valence-electron chi connectivity index (χ0n) is 5.33. The van der Waals surface area contributed by atoms with Crippen molar-refractivity contribution in [3.8, 4) is 0 Å². The maximum absolute atomic E-state index is 12.9. The van der Waals surface area contributed by atoms with E-state index < -0.39 is 5.82 Å². The van der Waals surface area contributed by atoms with Crippen LogP contribution in [-0.4, -0.2) is 14.6 Å². The van der Waals surface area contributed by atoms with E-state index in [0.29, 0.717) is 5.02 Å². The lowest BCUT2D eigenvalue weighted by molar-refractivity contribution is 0.627. The van der Waals surface area contributed by atoms with E-state index in [4.69, 9.17) is 11.6 Å². The van der Waals surface area contributed by atoms with Crippen LogP contribution in [0.2, 0.25) is 5.02 Å². The maximum Gasteiger partial charge on any atom is 0.191 e. The molecule has 0 spiro atoms. The molecule has 2 heterocycles. The van der Waals surface area contributed by atoms with Crippen molar-refractivity contribution in [3.63, 3.8) is 0 Å². The minimum atomic E-state index is -0.463. The Morgan fingerprint density at radius 3 is 3.18 bits per heavy atom. The molecule has 0 bridgehead atoms. The van der Waals surface area contributed by atoms with Crippen molar-refractivity contribution in [2.45, 2.75) is 0 Å². The Balaban J connectivity index is 2.91. The number of hydrogen-bond acceptors (Lipinski definition) is 2. The fourth-order valence-corrected chi connectivity index (χ4v) is 1.04. The Kier molecular flexibility index (Phi) is 1.29. The Morgan fingerprint density at radius 1 is 1.55 bits per heavy atom. The molecule has 2 rings (SSSR count). The highest BCUT2D eigenvalue weighted by Crippen LogP contribution is 2.12. The standard InChI is InChI=1S/C6H3ClFN3/c7-4-1-5(8)6-9-3-10-11(6)2-4/h1-3H. The van der Waals surface area contributed by atoms with Crippen LogP contribution in [0.1, 0.15) is 0 Å². The molecule has 0 fully saturated rings. The Labute approximate surface area is 66.4 Å². The summed E-state index contributed by atoms with van der Waals surface area (Å²) >= 11 is 5.55. The zero-order valence-corrected chi connectivity index (χ0v) is 6.09. The molecular formula is C6H3ClFN3. The predicted molar refractivity (Wildman–Crippen MR) is 38.0 cm³/mol. The van der Waals surface area contributed by atoms with Gasteiger partial charge in [-0.2, -0.15) is 5.10 Å². The highest BCUT2D eigenvalue weighted by atomic mass is 35.5. The lowest BCUT2D eigenvalue weighted by Gasteiger charge is -1.93. The molecule has 2 aromatic heterocycles. The van der Waals surface area contributed by atoms with Gasteiger partial charge in [0, 0.05) is 6.20 Å². The Morgan fingerprint density at radius 2 is 2.36 bits per heavy atom. The summed E-state index contributed by atoms with van der Waals surface area (Å²) in [7, 11) is 0. The summed E-state index contributed by atoms with van der Waals surface area (Å²) in [6, 6.07) is 1.20. The molecule has 0 N–H and O–H groups in total. The highest BCUT2D eigenvalue weighted by Gasteiger charge is 2.03. The number of pyridine rings is 1. The third-order valence-corrected chi connectivity index (χ3v) is 1.50. The van der Waals surface area contributed by atoms with E-state index in [9.17, 15) is 4.39 Å². The molecule has 0 aliphatic carbocycles. The van der Waals surface area contributed by atoms with Crippen LogP contribution in [0.15, 0.2) is 18.6 Å². The van der Waals surface area contributed by atoms with Gasteiger partial charge in [-0.25, -0.2) is 13.9 Å². The van der Waals surface area contributed by atoms with Gasteiger partial charge in [-0.1, -0.05) is 11.6 Å². The van der Waals surface area contributed by atoms with Crippen LogP contribution < -0.4 is 0 Å². The third-order valence-electron chi connectivity index (χ3n) is 1.30. The van der Waals surface area contributed by atoms with E-state index in [1.807, 2.05) is 0 Å². The van der Waals surface area contributed by atoms with Crippen LogP contribution in [0.3, 0.4) is 0 Å². The van der Waals surface area contributed by atoms with Crippen molar-refractivity contribution < 1.29 is 4.39 Å². The fourth-order valence-electron chi connectivity index (χ4n) is 0.855. The number of fused-ring (bicyclic) bond motifs is 1. The molecule has 11 heavy (non-hydrogen) atoms. The summed E-state index contributed by atoms with van der Waals surface area (Å²) in [5.74, 6) is -0.463. The molecule has 3 nitrogen and oxygen atoms in total. The summed E-state index contributed by atoms with van der Waals surface area (Å²) in [6.07, 6.45) is 2.77. The lowest BCUT2D eigenvalue weighted by atomic mass is 10.4. The van der Waals surface area contributed by atoms with Gasteiger partial charge in [0.1, 0.15) is 6.33 Å². The largest absolute Gasteiger partial charge is 0.217 e. The minimum absolute atomic E-state index is 0.189. The first-order valence-electron chi connectivity index (χ1n) is 2.92. The second-order valence-corrected chi connectivity index (χ2v) is 2.47. The first-order valence-corrected chi connectivity index (χ1v) is 3.29. The van der Waals surface area contributed by atoms with E-state index in [-0.39, 0.29) is 5.65 Å². The SMILES string of the molecule is Fc1cc(Cl)cn2ncnc12. The van der Waals surface area contributed by atoms with Crippen LogP contribution in [0.5, 0.6) is 0 Å². The van der Waals surface area contributed by atoms with Crippen molar-refractivity contribution in [1.82, 2.24) is 14.6 Å². The molecule has 0 saturated heterocycles. The van der Waals surface area contributed by atoms with Gasteiger partial charge in [0.2, 0.25) is 0 Å². The van der Waals surface area contributed by atoms with Gasteiger partial charge >= 0.3 is 0 Å². The fraction of sp³-hybridized carbons (Fsp3) is 0. The van der Waals surface area contributed by atoms with E-state index in [2.05, 4.69) is 10.1 Å². The van der Waals surface area contributed by atoms with Crippen LogP contribution >= 0.6 is 11.6 Å². The van der Waals surface area contributed by atoms with Crippen molar-refractivity contribution in [3.05, 3.63) is 29.4 Å². The normalized spacial score (nSPS) is 10.7. The second-order valence-electron chi connectivity index (χ2n) is 2.03. The van der Waals surface area contributed by atoms with Gasteiger partial charge in [0.15, 0.2) is 11.5 Å². The molecule has 0 aromatic carbocycles. The van der Waals surface area contributed by atoms with Gasteiger partial charge < -0.3 is 0 Å². The number of rotatable bonds is 0. The van der Waals surface area contributed by atoms with Crippen LogP contribution in [0.4, 0.5) is 4.39 Å². The van der Waals surface area contributed by atoms with Crippen molar-refractivity contribution in [2.75, 3.05) is 0 Å². The third kappa shape index (κ3) is 0.952. The molecule has 0 aliphatic rings. The van der Waals surface area contributed by atoms with Gasteiger partial charge in [0.05, 0.1) is 5.02 Å². The van der Waals surface area contributed by atoms with Gasteiger partial charge in [0.25, 0.3) is 0 Å². The van der Waals surface area contributed by atoms with E-state index >= 15 is 0 Å². The molecule has 0 atom stereocenters. The molecule has 56 valence electrons. The molecule has 2 aromatic rings. The van der Waals surface area contributed by atoms with Crippen LogP contribution in [0, 0.1) is 5.82 Å². The minimum Gasteiger partial charge on any atom is -0.217 e. The maximum atomic E-state index is 12.9. The van der Waals surface area contributed by atoms with E-state index in [1.165, 1.54) is 23.1 Å². The van der Waals surface area contributed by atoms with Gasteiger partial charge in [-0.3, -0.25) is 0 Å². The molecule has 0 unspecified atom stereocenters. The molecule has 0 aliphatic heterocycles. The van der Waals surface area contributed by atoms with Crippen molar-refractivity contribution in [2.24, 2.45) is 0 Å². The summed E-state index contributed by atoms with van der Waals surface area (Å²) in [6.45, 7) is 0. The quantitative estimate of drug-likeness (QED) is 0.602. The summed E-state index contributed by atoms with van der Waals surface area (Å²) in [4.78, 5) is 3.68. The average Bonchev–Trinajstić information content (AvgIpc) is 2.34. The first kappa shape index (κ1) is 6.54. The van der Waals surface area contributed by atoms with Gasteiger partial charge in [-0.15, -0.1) is 0 Å².